The largest absolute Gasteiger partial charge is 0.506 e. The monoisotopic (exact) mass is 388 g/mol. The minimum atomic E-state index is -1.36. The average Bonchev–Trinajstić information content (AvgIpc) is 3.23. The third-order valence-corrected chi connectivity index (χ3v) is 4.35. The Morgan fingerprint density at radius 1 is 1.21 bits per heavy atom. The second-order valence-corrected chi connectivity index (χ2v) is 6.13. The molecule has 0 bridgehead atoms. The third-order valence-electron chi connectivity index (χ3n) is 4.35. The number of azo groups is 1. The van der Waals surface area contributed by atoms with Crippen LogP contribution in [0.2, 0.25) is 0 Å². The van der Waals surface area contributed by atoms with Crippen LogP contribution < -0.4 is 5.56 Å². The van der Waals surface area contributed by atoms with E-state index < -0.39 is 36.7 Å². The number of fused-ring (bicyclic) bond motifs is 1. The maximum atomic E-state index is 12.3. The summed E-state index contributed by atoms with van der Waals surface area (Å²) in [6.45, 7) is -0.491. The van der Waals surface area contributed by atoms with Crippen LogP contribution in [0.25, 0.3) is 11.2 Å². The van der Waals surface area contributed by atoms with Gasteiger partial charge in [-0.3, -0.25) is 14.3 Å². The quantitative estimate of drug-likeness (QED) is 0.383. The van der Waals surface area contributed by atoms with Crippen molar-refractivity contribution < 1.29 is 25.2 Å². The van der Waals surface area contributed by atoms with Crippen molar-refractivity contribution in [2.75, 3.05) is 6.61 Å². The standard InChI is InChI=1S/C16H16N6O6/c23-5-9-11(25)12(26)15(28-9)22-6-17-10-13(22)18-16(19-14(10)27)21-20-7-3-1-2-4-8(7)24/h1-4,6,9,11-12,15,23-26H,5H2,(H,18,19,27)/b21-20+/t9-,11-,12-,15?/m1/s1. The molecule has 5 N–H and O–H groups in total. The van der Waals surface area contributed by atoms with Crippen LogP contribution in [0.4, 0.5) is 11.6 Å². The third kappa shape index (κ3) is 3.03. The zero-order chi connectivity index (χ0) is 19.8. The lowest BCUT2D eigenvalue weighted by atomic mass is 10.1. The van der Waals surface area contributed by atoms with E-state index in [1.54, 1.807) is 12.1 Å². The molecule has 12 nitrogen and oxygen atoms in total. The molecule has 1 saturated heterocycles. The SMILES string of the molecule is O=c1[nH]c(/N=N/c2ccccc2O)nc2c1ncn2C1O[C@H](CO)[C@@H](O)[C@H]1O. The number of benzene rings is 1. The van der Waals surface area contributed by atoms with Crippen LogP contribution in [0, 0.1) is 0 Å². The number of aromatic amines is 1. The van der Waals surface area contributed by atoms with E-state index in [0.29, 0.717) is 0 Å². The van der Waals surface area contributed by atoms with Crippen molar-refractivity contribution in [3.63, 3.8) is 0 Å². The summed E-state index contributed by atoms with van der Waals surface area (Å²) in [4.78, 5) is 22.8. The Bertz CT molecular complexity index is 1090. The van der Waals surface area contributed by atoms with Crippen LogP contribution in [0.5, 0.6) is 5.75 Å². The molecule has 1 aliphatic heterocycles. The zero-order valence-electron chi connectivity index (χ0n) is 14.2. The lowest BCUT2D eigenvalue weighted by molar-refractivity contribution is -0.0511. The molecule has 1 fully saturated rings. The first-order chi connectivity index (χ1) is 13.5. The maximum Gasteiger partial charge on any atom is 0.280 e. The van der Waals surface area contributed by atoms with Crippen molar-refractivity contribution >= 4 is 22.8 Å². The highest BCUT2D eigenvalue weighted by atomic mass is 16.6. The molecule has 0 saturated carbocycles. The van der Waals surface area contributed by atoms with E-state index >= 15 is 0 Å². The molecule has 3 aromatic rings. The van der Waals surface area contributed by atoms with E-state index in [0.717, 1.165) is 0 Å². The average molecular weight is 388 g/mol. The molecule has 0 radical (unpaired) electrons. The van der Waals surface area contributed by atoms with Gasteiger partial charge in [0.1, 0.15) is 29.7 Å². The molecule has 0 spiro atoms. The van der Waals surface area contributed by atoms with E-state index in [-0.39, 0.29) is 28.5 Å². The molecular formula is C16H16N6O6. The Morgan fingerprint density at radius 2 is 2.00 bits per heavy atom. The number of nitrogens with zero attached hydrogens (tertiary/aromatic N) is 5. The molecule has 1 unspecified atom stereocenters. The summed E-state index contributed by atoms with van der Waals surface area (Å²) in [7, 11) is 0. The highest BCUT2D eigenvalue weighted by Crippen LogP contribution is 2.31. The number of aliphatic hydroxyl groups is 3. The summed E-state index contributed by atoms with van der Waals surface area (Å²) in [5, 5.41) is 46.8. The van der Waals surface area contributed by atoms with Gasteiger partial charge < -0.3 is 25.2 Å². The van der Waals surface area contributed by atoms with E-state index in [4.69, 9.17) is 4.74 Å². The predicted molar refractivity (Wildman–Crippen MR) is 93.4 cm³/mol. The fourth-order valence-electron chi connectivity index (χ4n) is 2.91. The normalized spacial score (nSPS) is 25.1. The van der Waals surface area contributed by atoms with Crippen molar-refractivity contribution in [3.05, 3.63) is 40.9 Å². The van der Waals surface area contributed by atoms with Crippen molar-refractivity contribution in [2.24, 2.45) is 10.2 Å². The molecular weight excluding hydrogens is 372 g/mol. The van der Waals surface area contributed by atoms with Crippen LogP contribution in [-0.2, 0) is 4.74 Å². The minimum Gasteiger partial charge on any atom is -0.506 e. The van der Waals surface area contributed by atoms with E-state index in [1.807, 2.05) is 0 Å². The lowest BCUT2D eigenvalue weighted by Crippen LogP contribution is -2.33. The Labute approximate surface area is 156 Å². The van der Waals surface area contributed by atoms with Gasteiger partial charge in [-0.15, -0.1) is 10.2 Å². The number of hydrogen-bond acceptors (Lipinski definition) is 10. The number of H-pyrrole nitrogens is 1. The summed E-state index contributed by atoms with van der Waals surface area (Å²) in [6.07, 6.45) is -3.53. The van der Waals surface area contributed by atoms with E-state index in [9.17, 15) is 25.2 Å². The topological polar surface area (TPSA) is 178 Å². The summed E-state index contributed by atoms with van der Waals surface area (Å²) < 4.78 is 6.72. The number of aromatic nitrogens is 4. The lowest BCUT2D eigenvalue weighted by Gasteiger charge is -2.16. The fraction of sp³-hybridized carbons (Fsp3) is 0.312. The van der Waals surface area contributed by atoms with Gasteiger partial charge in [-0.2, -0.15) is 4.98 Å². The van der Waals surface area contributed by atoms with E-state index in [2.05, 4.69) is 25.2 Å². The Morgan fingerprint density at radius 3 is 2.71 bits per heavy atom. The maximum absolute atomic E-state index is 12.3. The number of nitrogens with one attached hydrogen (secondary N) is 1. The van der Waals surface area contributed by atoms with Crippen molar-refractivity contribution in [1.82, 2.24) is 19.5 Å². The summed E-state index contributed by atoms with van der Waals surface area (Å²) in [5.74, 6) is -0.250. The molecule has 2 aromatic heterocycles. The summed E-state index contributed by atoms with van der Waals surface area (Å²) >= 11 is 0. The molecule has 12 heteroatoms. The Kier molecular flexibility index (Phi) is 4.60. The first-order valence-electron chi connectivity index (χ1n) is 8.28. The summed E-state index contributed by atoms with van der Waals surface area (Å²) in [6, 6.07) is 6.24. The van der Waals surface area contributed by atoms with E-state index in [1.165, 1.54) is 23.0 Å². The predicted octanol–water partition coefficient (Wildman–Crippen LogP) is -0.148. The molecule has 4 rings (SSSR count). The number of imidazole rings is 1. The number of aliphatic hydroxyl groups excluding tert-OH is 3. The van der Waals surface area contributed by atoms with Crippen LogP contribution in [0.1, 0.15) is 6.23 Å². The second-order valence-electron chi connectivity index (χ2n) is 6.13. The van der Waals surface area contributed by atoms with Crippen LogP contribution >= 0.6 is 0 Å². The second kappa shape index (κ2) is 7.09. The number of phenolic OH excluding ortho intramolecular Hbond substituents is 1. The first-order valence-corrected chi connectivity index (χ1v) is 8.28. The van der Waals surface area contributed by atoms with Gasteiger partial charge in [-0.1, -0.05) is 12.1 Å². The number of rotatable bonds is 4. The van der Waals surface area contributed by atoms with Crippen molar-refractivity contribution in [3.8, 4) is 5.75 Å². The number of ether oxygens (including phenoxy) is 1. The molecule has 1 aromatic carbocycles. The molecule has 4 atom stereocenters. The molecule has 28 heavy (non-hydrogen) atoms. The molecule has 0 amide bonds. The number of hydrogen-bond donors (Lipinski definition) is 5. The van der Waals surface area contributed by atoms with Gasteiger partial charge in [0.05, 0.1) is 12.9 Å². The van der Waals surface area contributed by atoms with Gasteiger partial charge in [-0.25, -0.2) is 4.98 Å². The Balaban J connectivity index is 1.73. The van der Waals surface area contributed by atoms with Gasteiger partial charge in [0, 0.05) is 0 Å². The highest BCUT2D eigenvalue weighted by molar-refractivity contribution is 5.70. The molecule has 146 valence electrons. The van der Waals surface area contributed by atoms with Crippen molar-refractivity contribution in [2.45, 2.75) is 24.5 Å². The van der Waals surface area contributed by atoms with Gasteiger partial charge >= 0.3 is 0 Å². The number of aromatic hydroxyl groups is 1. The number of phenols is 1. The molecule has 3 heterocycles. The van der Waals surface area contributed by atoms with Crippen molar-refractivity contribution in [1.29, 1.82) is 0 Å². The highest BCUT2D eigenvalue weighted by Gasteiger charge is 2.44. The smallest absolute Gasteiger partial charge is 0.280 e. The fourth-order valence-corrected chi connectivity index (χ4v) is 2.91. The summed E-state index contributed by atoms with van der Waals surface area (Å²) in [5.41, 5.74) is -0.395. The van der Waals surface area contributed by atoms with Crippen LogP contribution in [0.3, 0.4) is 0 Å². The van der Waals surface area contributed by atoms with Gasteiger partial charge in [0.25, 0.3) is 11.5 Å². The zero-order valence-corrected chi connectivity index (χ0v) is 14.2. The van der Waals surface area contributed by atoms with Gasteiger partial charge in [-0.05, 0) is 12.1 Å². The molecule has 1 aliphatic rings. The van der Waals surface area contributed by atoms with Gasteiger partial charge in [0.15, 0.2) is 17.4 Å². The van der Waals surface area contributed by atoms with Gasteiger partial charge in [0.2, 0.25) is 0 Å². The first kappa shape index (κ1) is 18.2. The molecule has 0 aliphatic carbocycles. The van der Waals surface area contributed by atoms with Crippen LogP contribution in [-0.4, -0.2) is 64.9 Å². The van der Waals surface area contributed by atoms with Crippen LogP contribution in [0.15, 0.2) is 45.6 Å². The Hall–Kier alpha value is -3.19. The number of para-hydroxylation sites is 1. The minimum absolute atomic E-state index is 0.0285.